The highest BCUT2D eigenvalue weighted by Gasteiger charge is 2.44. The molecule has 4 heterocycles. The van der Waals surface area contributed by atoms with E-state index in [1.54, 1.807) is 0 Å². The number of aryl methyl sites for hydroxylation is 1. The molecule has 1 aromatic heterocycles. The average Bonchev–Trinajstić information content (AvgIpc) is 3.68. The van der Waals surface area contributed by atoms with Gasteiger partial charge in [0.05, 0.1) is 30.9 Å². The molecule has 3 saturated heterocycles. The van der Waals surface area contributed by atoms with Gasteiger partial charge in [0.2, 0.25) is 17.7 Å². The zero-order chi connectivity index (χ0) is 33.9. The first-order valence-corrected chi connectivity index (χ1v) is 17.1. The lowest BCUT2D eigenvalue weighted by molar-refractivity contribution is -0.123. The molecule has 262 valence electrons. The molecule has 5 amide bonds. The number of urea groups is 1. The summed E-state index contributed by atoms with van der Waals surface area (Å²) < 4.78 is 6.43. The van der Waals surface area contributed by atoms with Crippen LogP contribution in [0.5, 0.6) is 0 Å². The van der Waals surface area contributed by atoms with Crippen LogP contribution in [-0.4, -0.2) is 110 Å². The maximum Gasteiger partial charge on any atom is 0.328 e. The minimum absolute atomic E-state index is 0.00907. The quantitative estimate of drug-likeness (QED) is 0.0451. The van der Waals surface area contributed by atoms with Gasteiger partial charge in [0.1, 0.15) is 24.4 Å². The summed E-state index contributed by atoms with van der Waals surface area (Å²) in [6.45, 7) is -0.259. The molecule has 0 aromatic carbocycles. The Morgan fingerprint density at radius 3 is 2.34 bits per heavy atom. The second kappa shape index (κ2) is 17.6. The van der Waals surface area contributed by atoms with E-state index in [4.69, 9.17) is 4.74 Å². The highest BCUT2D eigenvalue weighted by molar-refractivity contribution is 8.00. The molecule has 0 bridgehead atoms. The predicted octanol–water partition coefficient (Wildman–Crippen LogP) is -2.33. The van der Waals surface area contributed by atoms with E-state index >= 15 is 0 Å². The third-order valence-corrected chi connectivity index (χ3v) is 10.0. The number of hydrogen-bond acceptors (Lipinski definition) is 11. The van der Waals surface area contributed by atoms with Gasteiger partial charge in [0.25, 0.3) is 5.56 Å². The molecule has 3 aliphatic heterocycles. The summed E-state index contributed by atoms with van der Waals surface area (Å²) in [4.78, 5) is 74.5. The van der Waals surface area contributed by atoms with E-state index in [-0.39, 0.29) is 61.5 Å². The first-order chi connectivity index (χ1) is 22.6. The Hall–Kier alpha value is -3.45. The van der Waals surface area contributed by atoms with Crippen LogP contribution >= 0.6 is 11.8 Å². The minimum Gasteiger partial charge on any atom is -0.394 e. The summed E-state index contributed by atoms with van der Waals surface area (Å²) in [7, 11) is 0. The maximum atomic E-state index is 12.3. The van der Waals surface area contributed by atoms with Crippen molar-refractivity contribution in [1.29, 1.82) is 0 Å². The van der Waals surface area contributed by atoms with Crippen LogP contribution in [0.25, 0.3) is 0 Å². The predicted molar refractivity (Wildman–Crippen MR) is 169 cm³/mol. The van der Waals surface area contributed by atoms with Crippen LogP contribution in [-0.2, 0) is 25.7 Å². The Kier molecular flexibility index (Phi) is 13.6. The number of carbonyl (C=O) groups excluding carboxylic acids is 4. The number of rotatable bonds is 18. The van der Waals surface area contributed by atoms with Crippen molar-refractivity contribution in [3.63, 3.8) is 0 Å². The Labute approximate surface area is 275 Å². The molecule has 18 heteroatoms. The molecular formula is C29H45N7O10S. The summed E-state index contributed by atoms with van der Waals surface area (Å²) >= 11 is 1.87. The summed E-state index contributed by atoms with van der Waals surface area (Å²) in [5.41, 5.74) is -1.74. The molecular weight excluding hydrogens is 638 g/mol. The molecule has 17 nitrogen and oxygen atoms in total. The molecule has 0 spiro atoms. The van der Waals surface area contributed by atoms with Gasteiger partial charge in [-0.25, -0.2) is 9.59 Å². The molecule has 7 unspecified atom stereocenters. The molecule has 7 atom stereocenters. The maximum absolute atomic E-state index is 12.3. The van der Waals surface area contributed by atoms with Crippen molar-refractivity contribution >= 4 is 35.5 Å². The van der Waals surface area contributed by atoms with E-state index in [1.165, 1.54) is 0 Å². The van der Waals surface area contributed by atoms with Gasteiger partial charge >= 0.3 is 11.7 Å². The average molecular weight is 684 g/mol. The Morgan fingerprint density at radius 1 is 0.915 bits per heavy atom. The smallest absolute Gasteiger partial charge is 0.328 e. The number of nitrogens with zero attached hydrogens (tertiary/aromatic N) is 1. The fourth-order valence-electron chi connectivity index (χ4n) is 5.87. The molecule has 0 radical (unpaired) electrons. The zero-order valence-corrected chi connectivity index (χ0v) is 26.9. The van der Waals surface area contributed by atoms with Crippen LogP contribution in [0.3, 0.4) is 0 Å². The second-order valence-corrected chi connectivity index (χ2v) is 13.2. The van der Waals surface area contributed by atoms with Gasteiger partial charge in [-0.2, -0.15) is 11.8 Å². The van der Waals surface area contributed by atoms with Gasteiger partial charge in [0, 0.05) is 49.6 Å². The van der Waals surface area contributed by atoms with E-state index < -0.39 is 48.2 Å². The largest absolute Gasteiger partial charge is 0.394 e. The van der Waals surface area contributed by atoms with Crippen molar-refractivity contribution in [2.45, 2.75) is 106 Å². The monoisotopic (exact) mass is 683 g/mol. The van der Waals surface area contributed by atoms with Gasteiger partial charge < -0.3 is 46.6 Å². The van der Waals surface area contributed by atoms with E-state index in [0.29, 0.717) is 24.6 Å². The number of aliphatic hydroxyl groups is 3. The highest BCUT2D eigenvalue weighted by atomic mass is 32.2. The second-order valence-electron chi connectivity index (χ2n) is 12.0. The van der Waals surface area contributed by atoms with Crippen LogP contribution in [0.1, 0.15) is 69.5 Å². The van der Waals surface area contributed by atoms with Crippen molar-refractivity contribution in [2.24, 2.45) is 0 Å². The molecule has 47 heavy (non-hydrogen) atoms. The molecule has 3 fully saturated rings. The Balaban J connectivity index is 1.01. The number of H-pyrrole nitrogens is 1. The first kappa shape index (κ1) is 36.4. The number of carbonyl (C=O) groups is 4. The number of aromatic amines is 1. The molecule has 0 saturated carbocycles. The fraction of sp³-hybridized carbons (Fsp3) is 0.724. The van der Waals surface area contributed by atoms with E-state index in [2.05, 4.69) is 31.6 Å². The number of unbranched alkanes of at least 4 members (excludes halogenated alkanes) is 3. The number of aromatic nitrogens is 2. The van der Waals surface area contributed by atoms with Crippen LogP contribution in [0, 0.1) is 0 Å². The molecule has 0 aliphatic carbocycles. The van der Waals surface area contributed by atoms with Crippen LogP contribution < -0.4 is 37.8 Å². The lowest BCUT2D eigenvalue weighted by atomic mass is 10.0. The summed E-state index contributed by atoms with van der Waals surface area (Å²) in [6, 6.07) is 0.297. The first-order valence-electron chi connectivity index (χ1n) is 16.0. The molecule has 9 N–H and O–H groups in total. The van der Waals surface area contributed by atoms with Gasteiger partial charge in [-0.15, -0.1) is 0 Å². The van der Waals surface area contributed by atoms with Crippen molar-refractivity contribution < 1.29 is 39.2 Å². The third kappa shape index (κ3) is 10.3. The van der Waals surface area contributed by atoms with Crippen LogP contribution in [0.4, 0.5) is 4.79 Å². The number of fused-ring (bicyclic) bond motifs is 1. The highest BCUT2D eigenvalue weighted by Crippen LogP contribution is 2.33. The third-order valence-electron chi connectivity index (χ3n) is 8.52. The standard InChI is InChI=1S/C29H45N7O10S/c37-13-18-24(41)25(42)26(46-18)16-12-36(29(45)35-27(16)43)11-9-22(40)32-15-31-21(39)7-2-1-5-10-30-20(38)8-4-3-6-19-23-17(14-47-19)33-28(44)34-23/h12,17-19,23-26,37,41-42H,1-11,13-15H2,(H,30,38)(H,31,39)(H,32,40)(H2,33,34,44)(H,35,43,45). The zero-order valence-electron chi connectivity index (χ0n) is 26.1. The minimum atomic E-state index is -1.49. The van der Waals surface area contributed by atoms with Crippen molar-refractivity contribution in [3.8, 4) is 0 Å². The summed E-state index contributed by atoms with van der Waals surface area (Å²) in [5, 5.41) is 43.8. The number of amides is 5. The topological polar surface area (TPSA) is 253 Å². The van der Waals surface area contributed by atoms with Gasteiger partial charge in [-0.05, 0) is 25.7 Å². The van der Waals surface area contributed by atoms with Crippen molar-refractivity contribution in [1.82, 2.24) is 36.1 Å². The van der Waals surface area contributed by atoms with E-state index in [9.17, 15) is 44.1 Å². The Morgan fingerprint density at radius 2 is 1.62 bits per heavy atom. The lowest BCUT2D eigenvalue weighted by Gasteiger charge is -2.16. The van der Waals surface area contributed by atoms with Gasteiger partial charge in [-0.1, -0.05) is 12.8 Å². The molecule has 1 aromatic rings. The summed E-state index contributed by atoms with van der Waals surface area (Å²) in [5.74, 6) is 0.232. The number of thioether (sulfide) groups is 1. The van der Waals surface area contributed by atoms with E-state index in [1.807, 2.05) is 11.8 Å². The van der Waals surface area contributed by atoms with Crippen LogP contribution in [0.2, 0.25) is 0 Å². The lowest BCUT2D eigenvalue weighted by Crippen LogP contribution is -2.39. The molecule has 4 rings (SSSR count). The van der Waals surface area contributed by atoms with Crippen molar-refractivity contribution in [3.05, 3.63) is 32.6 Å². The SMILES string of the molecule is O=C(CCCCC1SCC2NC(=O)NC21)NCCCCCC(=O)NCNC(=O)CCn1cc(C2OC(CO)C(O)C2O)c(=O)[nH]c1=O. The number of hydrogen-bond donors (Lipinski definition) is 9. The molecule has 3 aliphatic rings. The van der Waals surface area contributed by atoms with Crippen molar-refractivity contribution in [2.75, 3.05) is 25.6 Å². The Bertz CT molecular complexity index is 1370. The number of aliphatic hydroxyl groups excluding tert-OH is 3. The number of ether oxygens (including phenoxy) is 1. The number of nitrogens with one attached hydrogen (secondary N) is 6. The van der Waals surface area contributed by atoms with E-state index in [0.717, 1.165) is 48.6 Å². The van der Waals surface area contributed by atoms with Gasteiger partial charge in [0.15, 0.2) is 0 Å². The van der Waals surface area contributed by atoms with Crippen LogP contribution in [0.15, 0.2) is 15.8 Å². The van der Waals surface area contributed by atoms with Gasteiger partial charge in [-0.3, -0.25) is 28.7 Å². The normalized spacial score (nSPS) is 26.4. The fourth-order valence-corrected chi connectivity index (χ4v) is 7.41. The summed E-state index contributed by atoms with van der Waals surface area (Å²) in [6.07, 6.45) is 1.24.